The molecule has 28 heavy (non-hydrogen) atoms. The summed E-state index contributed by atoms with van der Waals surface area (Å²) < 4.78 is 14.0. The number of anilines is 1. The van der Waals surface area contributed by atoms with Gasteiger partial charge >= 0.3 is 0 Å². The molecule has 8 heteroatoms. The average Bonchev–Trinajstić information content (AvgIpc) is 2.67. The molecule has 0 saturated heterocycles. The van der Waals surface area contributed by atoms with Gasteiger partial charge in [-0.15, -0.1) is 0 Å². The zero-order valence-electron chi connectivity index (χ0n) is 15.2. The van der Waals surface area contributed by atoms with Crippen molar-refractivity contribution >= 4 is 46.8 Å². The van der Waals surface area contributed by atoms with Crippen molar-refractivity contribution in [1.82, 2.24) is 5.32 Å². The zero-order chi connectivity index (χ0) is 20.7. The summed E-state index contributed by atoms with van der Waals surface area (Å²) in [5.74, 6) is -0.572. The molecule has 0 amide bonds. The number of hydrogen-bond acceptors (Lipinski definition) is 4. The lowest BCUT2D eigenvalue weighted by Gasteiger charge is -2.34. The van der Waals surface area contributed by atoms with Gasteiger partial charge in [-0.25, -0.2) is 4.39 Å². The Bertz CT molecular complexity index is 886. The van der Waals surface area contributed by atoms with Gasteiger partial charge in [-0.1, -0.05) is 41.7 Å². The molecule has 0 unspecified atom stereocenters. The fourth-order valence-corrected chi connectivity index (χ4v) is 3.48. The van der Waals surface area contributed by atoms with Gasteiger partial charge in [-0.3, -0.25) is 0 Å². The molecule has 0 spiro atoms. The number of rotatable bonds is 9. The molecule has 0 radical (unpaired) electrons. The monoisotopic (exact) mass is 441 g/mol. The van der Waals surface area contributed by atoms with Crippen LogP contribution in [-0.4, -0.2) is 25.4 Å². The summed E-state index contributed by atoms with van der Waals surface area (Å²) in [7, 11) is 0. The van der Waals surface area contributed by atoms with Crippen molar-refractivity contribution in [3.8, 4) is 6.07 Å². The van der Waals surface area contributed by atoms with Gasteiger partial charge in [-0.05, 0) is 42.4 Å². The summed E-state index contributed by atoms with van der Waals surface area (Å²) in [6.45, 7) is 3.46. The van der Waals surface area contributed by atoms with Crippen molar-refractivity contribution in [2.24, 2.45) is 0 Å². The van der Waals surface area contributed by atoms with E-state index >= 15 is 0 Å². The maximum atomic E-state index is 14.0. The highest BCUT2D eigenvalue weighted by Crippen LogP contribution is 2.30. The van der Waals surface area contributed by atoms with Gasteiger partial charge in [0.2, 0.25) is 0 Å². The SMILES string of the molecule is CCNC[C@H](CC=O)N(Cc1cc(F)c(Cl)cc1Cl)c1ccc(C#N)c(Cl)c1. The summed E-state index contributed by atoms with van der Waals surface area (Å²) in [6.07, 6.45) is 1.09. The van der Waals surface area contributed by atoms with Gasteiger partial charge in [0.1, 0.15) is 18.2 Å². The van der Waals surface area contributed by atoms with Crippen molar-refractivity contribution in [3.05, 3.63) is 62.3 Å². The quantitative estimate of drug-likeness (QED) is 0.427. The molecule has 4 nitrogen and oxygen atoms in total. The zero-order valence-corrected chi connectivity index (χ0v) is 17.5. The van der Waals surface area contributed by atoms with Crippen LogP contribution in [0.2, 0.25) is 15.1 Å². The summed E-state index contributed by atoms with van der Waals surface area (Å²) in [5, 5.41) is 12.9. The van der Waals surface area contributed by atoms with E-state index in [1.54, 1.807) is 18.2 Å². The Hall–Kier alpha value is -1.84. The highest BCUT2D eigenvalue weighted by molar-refractivity contribution is 6.35. The molecule has 0 fully saturated rings. The Balaban J connectivity index is 2.48. The van der Waals surface area contributed by atoms with E-state index in [0.717, 1.165) is 12.8 Å². The third-order valence-corrected chi connectivity index (χ3v) is 5.23. The lowest BCUT2D eigenvalue weighted by Crippen LogP contribution is -2.42. The number of halogens is 4. The maximum absolute atomic E-state index is 14.0. The number of hydrogen-bond donors (Lipinski definition) is 1. The van der Waals surface area contributed by atoms with E-state index in [1.165, 1.54) is 12.1 Å². The Morgan fingerprint density at radius 3 is 2.57 bits per heavy atom. The second kappa shape index (κ2) is 10.6. The molecule has 0 bridgehead atoms. The summed E-state index contributed by atoms with van der Waals surface area (Å²) >= 11 is 18.3. The Labute approximate surface area is 178 Å². The molecule has 2 aromatic rings. The van der Waals surface area contributed by atoms with Crippen molar-refractivity contribution < 1.29 is 9.18 Å². The number of carbonyl (C=O) groups is 1. The van der Waals surface area contributed by atoms with Gasteiger partial charge < -0.3 is 15.0 Å². The first-order valence-electron chi connectivity index (χ1n) is 8.65. The number of likely N-dealkylation sites (N-methyl/N-ethyl adjacent to an activating group) is 1. The number of benzene rings is 2. The van der Waals surface area contributed by atoms with Crippen molar-refractivity contribution in [2.45, 2.75) is 25.9 Å². The fourth-order valence-electron chi connectivity index (χ4n) is 2.82. The molecule has 1 atom stereocenters. The highest BCUT2D eigenvalue weighted by Gasteiger charge is 2.21. The molecule has 1 N–H and O–H groups in total. The molecule has 0 aliphatic carbocycles. The molecule has 0 aliphatic heterocycles. The van der Waals surface area contributed by atoms with Crippen LogP contribution in [0.3, 0.4) is 0 Å². The Morgan fingerprint density at radius 2 is 1.96 bits per heavy atom. The van der Waals surface area contributed by atoms with Gasteiger partial charge in [0.05, 0.1) is 15.6 Å². The van der Waals surface area contributed by atoms with E-state index < -0.39 is 5.82 Å². The molecule has 0 saturated carbocycles. The minimum absolute atomic E-state index is 0.0567. The number of aldehydes is 1. The Morgan fingerprint density at radius 1 is 1.21 bits per heavy atom. The van der Waals surface area contributed by atoms with Crippen LogP contribution in [0, 0.1) is 17.1 Å². The number of nitriles is 1. The van der Waals surface area contributed by atoms with E-state index in [2.05, 4.69) is 5.32 Å². The van der Waals surface area contributed by atoms with E-state index in [9.17, 15) is 9.18 Å². The predicted octanol–water partition coefficient (Wildman–Crippen LogP) is 5.23. The Kier molecular flexibility index (Phi) is 8.53. The van der Waals surface area contributed by atoms with Crippen molar-refractivity contribution in [3.63, 3.8) is 0 Å². The fraction of sp³-hybridized carbons (Fsp3) is 0.300. The van der Waals surface area contributed by atoms with Crippen LogP contribution in [0.5, 0.6) is 0 Å². The lowest BCUT2D eigenvalue weighted by atomic mass is 10.1. The molecular weight excluding hydrogens is 424 g/mol. The van der Waals surface area contributed by atoms with E-state index in [0.29, 0.717) is 33.4 Å². The second-order valence-electron chi connectivity index (χ2n) is 6.13. The first-order valence-corrected chi connectivity index (χ1v) is 9.78. The van der Waals surface area contributed by atoms with Crippen molar-refractivity contribution in [1.29, 1.82) is 5.26 Å². The van der Waals surface area contributed by atoms with Gasteiger partial charge in [0.15, 0.2) is 0 Å². The highest BCUT2D eigenvalue weighted by atomic mass is 35.5. The van der Waals surface area contributed by atoms with E-state index in [-0.39, 0.29) is 24.0 Å². The van der Waals surface area contributed by atoms with Crippen molar-refractivity contribution in [2.75, 3.05) is 18.0 Å². The third-order valence-electron chi connectivity index (χ3n) is 4.27. The lowest BCUT2D eigenvalue weighted by molar-refractivity contribution is -0.108. The largest absolute Gasteiger partial charge is 0.362 e. The van der Waals surface area contributed by atoms with Crippen LogP contribution in [-0.2, 0) is 11.3 Å². The van der Waals surface area contributed by atoms with Crippen LogP contribution in [0.4, 0.5) is 10.1 Å². The van der Waals surface area contributed by atoms with Crippen LogP contribution < -0.4 is 10.2 Å². The van der Waals surface area contributed by atoms with Gasteiger partial charge in [-0.2, -0.15) is 5.26 Å². The maximum Gasteiger partial charge on any atom is 0.142 e. The standard InChI is InChI=1S/C20H19Cl3FN3O/c1-2-26-11-16(5-6-28)27(15-4-3-13(10-25)17(21)8-15)12-14-7-20(24)19(23)9-18(14)22/h3-4,6-9,16,26H,2,5,11-12H2,1H3/t16-/m0/s1. The molecule has 2 rings (SSSR count). The normalized spacial score (nSPS) is 11.7. The topological polar surface area (TPSA) is 56.1 Å². The molecule has 148 valence electrons. The predicted molar refractivity (Wildman–Crippen MR) is 112 cm³/mol. The number of nitrogens with one attached hydrogen (secondary N) is 1. The van der Waals surface area contributed by atoms with E-state index in [1.807, 2.05) is 17.9 Å². The first-order chi connectivity index (χ1) is 13.4. The molecule has 0 aliphatic rings. The molecular formula is C20H19Cl3FN3O. The third kappa shape index (κ3) is 5.59. The summed E-state index contributed by atoms with van der Waals surface area (Å²) in [5.41, 5.74) is 1.57. The smallest absolute Gasteiger partial charge is 0.142 e. The van der Waals surface area contributed by atoms with Gasteiger partial charge in [0.25, 0.3) is 0 Å². The van der Waals surface area contributed by atoms with Crippen LogP contribution in [0.1, 0.15) is 24.5 Å². The molecule has 0 aromatic heterocycles. The first kappa shape index (κ1) is 22.4. The van der Waals surface area contributed by atoms with Gasteiger partial charge in [0, 0.05) is 36.3 Å². The van der Waals surface area contributed by atoms with Crippen LogP contribution in [0.15, 0.2) is 30.3 Å². The summed E-state index contributed by atoms with van der Waals surface area (Å²) in [6, 6.07) is 9.45. The number of nitrogens with zero attached hydrogens (tertiary/aromatic N) is 2. The minimum Gasteiger partial charge on any atom is -0.362 e. The average molecular weight is 443 g/mol. The second-order valence-corrected chi connectivity index (χ2v) is 7.35. The van der Waals surface area contributed by atoms with E-state index in [4.69, 9.17) is 40.1 Å². The molecule has 0 heterocycles. The van der Waals surface area contributed by atoms with Crippen LogP contribution >= 0.6 is 34.8 Å². The molecule has 2 aromatic carbocycles. The summed E-state index contributed by atoms with van der Waals surface area (Å²) in [4.78, 5) is 13.2. The minimum atomic E-state index is -0.572. The number of carbonyl (C=O) groups excluding carboxylic acids is 1. The van der Waals surface area contributed by atoms with Crippen LogP contribution in [0.25, 0.3) is 0 Å².